The highest BCUT2D eigenvalue weighted by atomic mass is 35.5. The lowest BCUT2D eigenvalue weighted by molar-refractivity contribution is 0.149. The van der Waals surface area contributed by atoms with Gasteiger partial charge in [0.05, 0.1) is 10.0 Å². The van der Waals surface area contributed by atoms with Crippen molar-refractivity contribution in [2.75, 3.05) is 13.7 Å². The molecule has 3 N–H and O–H groups in total. The first-order valence-corrected chi connectivity index (χ1v) is 6.72. The zero-order valence-corrected chi connectivity index (χ0v) is 12.3. The molecule has 3 nitrogen and oxygen atoms in total. The van der Waals surface area contributed by atoms with Gasteiger partial charge in [0.15, 0.2) is 0 Å². The van der Waals surface area contributed by atoms with E-state index in [0.717, 1.165) is 25.0 Å². The smallest absolute Gasteiger partial charge is 0.0624 e. The molecule has 0 amide bonds. The van der Waals surface area contributed by atoms with Crippen LogP contribution in [0.4, 0.5) is 0 Å². The Morgan fingerprint density at radius 3 is 2.72 bits per heavy atom. The van der Waals surface area contributed by atoms with Gasteiger partial charge in [0.1, 0.15) is 0 Å². The number of hydrazine groups is 1. The number of nitrogens with one attached hydrogen (secondary N) is 1. The molecule has 2 unspecified atom stereocenters. The number of hydrogen-bond acceptors (Lipinski definition) is 3. The summed E-state index contributed by atoms with van der Waals surface area (Å²) in [5.41, 5.74) is 3.84. The molecule has 5 heteroatoms. The summed E-state index contributed by atoms with van der Waals surface area (Å²) in [5.74, 6) is 6.03. The van der Waals surface area contributed by atoms with Gasteiger partial charge in [-0.25, -0.2) is 0 Å². The average Bonchev–Trinajstić information content (AvgIpc) is 2.34. The molecule has 18 heavy (non-hydrogen) atoms. The van der Waals surface area contributed by atoms with Gasteiger partial charge < -0.3 is 4.74 Å². The van der Waals surface area contributed by atoms with Crippen LogP contribution in [0.3, 0.4) is 0 Å². The monoisotopic (exact) mass is 290 g/mol. The molecule has 1 rings (SSSR count). The molecule has 1 aromatic rings. The number of methoxy groups -OCH3 is 1. The summed E-state index contributed by atoms with van der Waals surface area (Å²) in [7, 11) is 1.70. The number of ether oxygens (including phenoxy) is 1. The fourth-order valence-corrected chi connectivity index (χ4v) is 2.42. The van der Waals surface area contributed by atoms with E-state index >= 15 is 0 Å². The molecule has 0 aliphatic rings. The molecule has 0 aliphatic heterocycles. The number of nitrogens with two attached hydrogens (primary N) is 1. The molecule has 0 saturated carbocycles. The van der Waals surface area contributed by atoms with Gasteiger partial charge >= 0.3 is 0 Å². The fraction of sp³-hybridized carbons (Fsp3) is 0.538. The van der Waals surface area contributed by atoms with E-state index in [4.69, 9.17) is 33.8 Å². The predicted molar refractivity (Wildman–Crippen MR) is 76.9 cm³/mol. The lowest BCUT2D eigenvalue weighted by Gasteiger charge is -2.20. The van der Waals surface area contributed by atoms with Crippen molar-refractivity contribution < 1.29 is 4.74 Å². The van der Waals surface area contributed by atoms with Crippen molar-refractivity contribution in [3.05, 3.63) is 33.8 Å². The third-order valence-electron chi connectivity index (χ3n) is 2.87. The van der Waals surface area contributed by atoms with Crippen molar-refractivity contribution >= 4 is 23.2 Å². The summed E-state index contributed by atoms with van der Waals surface area (Å²) in [4.78, 5) is 0. The van der Waals surface area contributed by atoms with Gasteiger partial charge in [-0.1, -0.05) is 42.3 Å². The third-order valence-corrected chi connectivity index (χ3v) is 3.73. The Labute approximate surface area is 119 Å². The summed E-state index contributed by atoms with van der Waals surface area (Å²) in [6, 6.07) is 5.81. The molecule has 0 aromatic heterocycles. The van der Waals surface area contributed by atoms with E-state index in [9.17, 15) is 0 Å². The van der Waals surface area contributed by atoms with Crippen LogP contribution < -0.4 is 11.3 Å². The topological polar surface area (TPSA) is 47.3 Å². The molecule has 0 spiro atoms. The van der Waals surface area contributed by atoms with E-state index in [1.165, 1.54) is 0 Å². The summed E-state index contributed by atoms with van der Waals surface area (Å²) in [5, 5.41) is 1.19. The van der Waals surface area contributed by atoms with Crippen LogP contribution >= 0.6 is 23.2 Å². The van der Waals surface area contributed by atoms with Gasteiger partial charge in [0.25, 0.3) is 0 Å². The maximum atomic E-state index is 6.17. The quantitative estimate of drug-likeness (QED) is 0.599. The first-order valence-electron chi connectivity index (χ1n) is 5.96. The van der Waals surface area contributed by atoms with Crippen LogP contribution in [0.1, 0.15) is 18.9 Å². The number of rotatable bonds is 7. The van der Waals surface area contributed by atoms with Gasteiger partial charge in [-0.2, -0.15) is 0 Å². The first-order chi connectivity index (χ1) is 8.58. The van der Waals surface area contributed by atoms with Crippen LogP contribution in [0.15, 0.2) is 18.2 Å². The average molecular weight is 291 g/mol. The van der Waals surface area contributed by atoms with Crippen molar-refractivity contribution in [3.63, 3.8) is 0 Å². The van der Waals surface area contributed by atoms with E-state index in [-0.39, 0.29) is 6.04 Å². The molecular weight excluding hydrogens is 271 g/mol. The highest BCUT2D eigenvalue weighted by Crippen LogP contribution is 2.27. The van der Waals surface area contributed by atoms with Gasteiger partial charge in [-0.3, -0.25) is 11.3 Å². The van der Waals surface area contributed by atoms with Crippen LogP contribution in [-0.2, 0) is 11.2 Å². The van der Waals surface area contributed by atoms with Crippen LogP contribution in [0.5, 0.6) is 0 Å². The first kappa shape index (κ1) is 15.7. The Morgan fingerprint density at radius 2 is 2.11 bits per heavy atom. The van der Waals surface area contributed by atoms with Gasteiger partial charge in [0.2, 0.25) is 0 Å². The van der Waals surface area contributed by atoms with Crippen molar-refractivity contribution in [3.8, 4) is 0 Å². The molecule has 0 saturated heterocycles. The minimum absolute atomic E-state index is 0.158. The number of benzene rings is 1. The van der Waals surface area contributed by atoms with Crippen LogP contribution in [0.25, 0.3) is 0 Å². The summed E-state index contributed by atoms with van der Waals surface area (Å²) >= 11 is 12.2. The number of hydrogen-bond donors (Lipinski definition) is 2. The standard InChI is InChI=1S/C13H20Cl2N2O/c1-9(8-18-2)6-11(17-16)7-10-4-3-5-12(14)13(10)15/h3-5,9,11,17H,6-8,16H2,1-2H3. The SMILES string of the molecule is COCC(C)CC(Cc1cccc(Cl)c1Cl)NN. The lowest BCUT2D eigenvalue weighted by Crippen LogP contribution is -2.38. The second-order valence-corrected chi connectivity index (χ2v) is 5.36. The number of halogens is 2. The third kappa shape index (κ3) is 4.75. The Bertz CT molecular complexity index is 374. The zero-order valence-electron chi connectivity index (χ0n) is 10.7. The Hall–Kier alpha value is -0.320. The molecule has 0 aliphatic carbocycles. The maximum absolute atomic E-state index is 6.17. The molecule has 0 fully saturated rings. The largest absolute Gasteiger partial charge is 0.384 e. The van der Waals surface area contributed by atoms with Crippen LogP contribution in [0.2, 0.25) is 10.0 Å². The molecule has 1 aromatic carbocycles. The van der Waals surface area contributed by atoms with Crippen LogP contribution in [-0.4, -0.2) is 19.8 Å². The minimum Gasteiger partial charge on any atom is -0.384 e. The second-order valence-electron chi connectivity index (χ2n) is 4.58. The Balaban J connectivity index is 2.65. The van der Waals surface area contributed by atoms with E-state index in [1.807, 2.05) is 12.1 Å². The lowest BCUT2D eigenvalue weighted by atomic mass is 9.97. The van der Waals surface area contributed by atoms with Gasteiger partial charge in [0, 0.05) is 19.8 Å². The Kier molecular flexibility index (Phi) is 6.97. The molecular formula is C13H20Cl2N2O. The van der Waals surface area contributed by atoms with Gasteiger partial charge in [-0.05, 0) is 30.4 Å². The predicted octanol–water partition coefficient (Wildman–Crippen LogP) is 3.04. The maximum Gasteiger partial charge on any atom is 0.0624 e. The molecule has 102 valence electrons. The zero-order chi connectivity index (χ0) is 13.5. The van der Waals surface area contributed by atoms with Crippen molar-refractivity contribution in [2.45, 2.75) is 25.8 Å². The van der Waals surface area contributed by atoms with Crippen molar-refractivity contribution in [1.29, 1.82) is 0 Å². The van der Waals surface area contributed by atoms with Crippen LogP contribution in [0, 0.1) is 5.92 Å². The molecule has 0 bridgehead atoms. The van der Waals surface area contributed by atoms with E-state index in [2.05, 4.69) is 12.3 Å². The normalized spacial score (nSPS) is 14.5. The summed E-state index contributed by atoms with van der Waals surface area (Å²) < 4.78 is 5.13. The van der Waals surface area contributed by atoms with E-state index in [0.29, 0.717) is 16.0 Å². The molecule has 2 atom stereocenters. The van der Waals surface area contributed by atoms with Crippen molar-refractivity contribution in [2.24, 2.45) is 11.8 Å². The Morgan fingerprint density at radius 1 is 1.39 bits per heavy atom. The van der Waals surface area contributed by atoms with Crippen molar-refractivity contribution in [1.82, 2.24) is 5.43 Å². The highest BCUT2D eigenvalue weighted by Gasteiger charge is 2.15. The molecule has 0 radical (unpaired) electrons. The van der Waals surface area contributed by atoms with Gasteiger partial charge in [-0.15, -0.1) is 0 Å². The van der Waals surface area contributed by atoms with E-state index in [1.54, 1.807) is 13.2 Å². The fourth-order valence-electron chi connectivity index (χ4n) is 2.02. The highest BCUT2D eigenvalue weighted by molar-refractivity contribution is 6.42. The summed E-state index contributed by atoms with van der Waals surface area (Å²) in [6.45, 7) is 2.86. The van der Waals surface area contributed by atoms with E-state index < -0.39 is 0 Å². The molecule has 0 heterocycles. The minimum atomic E-state index is 0.158. The summed E-state index contributed by atoms with van der Waals surface area (Å²) in [6.07, 6.45) is 1.68. The second kappa shape index (κ2) is 7.97.